The van der Waals surface area contributed by atoms with Crippen LogP contribution < -0.4 is 5.32 Å². The number of hydrogen-bond donors (Lipinski definition) is 1. The van der Waals surface area contributed by atoms with Crippen molar-refractivity contribution in [3.05, 3.63) is 10.0 Å². The van der Waals surface area contributed by atoms with E-state index in [4.69, 9.17) is 11.6 Å². The van der Waals surface area contributed by atoms with Crippen molar-refractivity contribution in [1.82, 2.24) is 9.88 Å². The summed E-state index contributed by atoms with van der Waals surface area (Å²) < 4.78 is 4.67. The van der Waals surface area contributed by atoms with Gasteiger partial charge in [-0.05, 0) is 19.3 Å². The van der Waals surface area contributed by atoms with Crippen molar-refractivity contribution in [2.75, 3.05) is 25.5 Å². The first-order valence-corrected chi connectivity index (χ1v) is 7.62. The second kappa shape index (κ2) is 5.26. The first-order chi connectivity index (χ1) is 9.17. The van der Waals surface area contributed by atoms with Crippen LogP contribution in [0.1, 0.15) is 28.9 Å². The number of nitrogens with zero attached hydrogens (tertiary/aromatic N) is 2. The molecule has 5 nitrogen and oxygen atoms in total. The Morgan fingerprint density at radius 1 is 1.53 bits per heavy atom. The van der Waals surface area contributed by atoms with E-state index < -0.39 is 5.97 Å². The van der Waals surface area contributed by atoms with Crippen LogP contribution in [0.3, 0.4) is 0 Å². The van der Waals surface area contributed by atoms with E-state index in [1.165, 1.54) is 31.3 Å². The van der Waals surface area contributed by atoms with Gasteiger partial charge in [0.2, 0.25) is 0 Å². The number of ether oxygens (including phenoxy) is 1. The molecule has 104 valence electrons. The Kier molecular flexibility index (Phi) is 3.64. The summed E-state index contributed by atoms with van der Waals surface area (Å²) in [4.78, 5) is 18.5. The maximum Gasteiger partial charge on any atom is 0.351 e. The fourth-order valence-corrected chi connectivity index (χ4v) is 3.61. The predicted octanol–water partition coefficient (Wildman–Crippen LogP) is 2.23. The predicted molar refractivity (Wildman–Crippen MR) is 75.1 cm³/mol. The van der Waals surface area contributed by atoms with Gasteiger partial charge in [-0.25, -0.2) is 9.78 Å². The summed E-state index contributed by atoms with van der Waals surface area (Å²) in [5.41, 5.74) is 0. The number of likely N-dealkylation sites (tertiary alicyclic amines) is 1. The molecule has 1 saturated carbocycles. The zero-order chi connectivity index (χ0) is 13.4. The molecule has 2 fully saturated rings. The van der Waals surface area contributed by atoms with Gasteiger partial charge in [0, 0.05) is 25.2 Å². The summed E-state index contributed by atoms with van der Waals surface area (Å²) in [6.07, 6.45) is 3.78. The number of rotatable bonds is 4. The summed E-state index contributed by atoms with van der Waals surface area (Å²) in [7, 11) is 1.34. The molecule has 1 aromatic heterocycles. The van der Waals surface area contributed by atoms with Crippen molar-refractivity contribution in [1.29, 1.82) is 0 Å². The third-order valence-electron chi connectivity index (χ3n) is 3.57. The van der Waals surface area contributed by atoms with Crippen LogP contribution >= 0.6 is 22.9 Å². The number of aromatic nitrogens is 1. The number of thiazole rings is 1. The molecule has 1 saturated heterocycles. The Hall–Kier alpha value is -0.850. The lowest BCUT2D eigenvalue weighted by Gasteiger charge is -2.15. The first kappa shape index (κ1) is 13.1. The molecular weight excluding hydrogens is 286 g/mol. The van der Waals surface area contributed by atoms with E-state index in [0.717, 1.165) is 25.6 Å². The molecule has 1 atom stereocenters. The summed E-state index contributed by atoms with van der Waals surface area (Å²) >= 11 is 7.20. The van der Waals surface area contributed by atoms with Crippen molar-refractivity contribution in [2.45, 2.75) is 31.3 Å². The van der Waals surface area contributed by atoms with Gasteiger partial charge in [0.1, 0.15) is 0 Å². The molecule has 1 N–H and O–H groups in total. The average molecular weight is 302 g/mol. The second-order valence-corrected chi connectivity index (χ2v) is 6.34. The molecule has 1 aliphatic carbocycles. The summed E-state index contributed by atoms with van der Waals surface area (Å²) in [5, 5.41) is 4.29. The highest BCUT2D eigenvalue weighted by Gasteiger charge is 2.34. The monoisotopic (exact) mass is 301 g/mol. The SMILES string of the molecule is COC(=O)c1sc(NC2CCN(C3CC3)C2)nc1Cl. The van der Waals surface area contributed by atoms with Gasteiger partial charge in [-0.1, -0.05) is 22.9 Å². The minimum Gasteiger partial charge on any atom is -0.465 e. The molecule has 1 aliphatic heterocycles. The van der Waals surface area contributed by atoms with Crippen molar-refractivity contribution < 1.29 is 9.53 Å². The third-order valence-corrected chi connectivity index (χ3v) is 4.92. The lowest BCUT2D eigenvalue weighted by Crippen LogP contribution is -2.27. The topological polar surface area (TPSA) is 54.5 Å². The maximum atomic E-state index is 11.5. The molecule has 0 amide bonds. The molecular formula is C12H16ClN3O2S. The first-order valence-electron chi connectivity index (χ1n) is 6.42. The van der Waals surface area contributed by atoms with E-state index >= 15 is 0 Å². The highest BCUT2D eigenvalue weighted by Crippen LogP contribution is 2.32. The van der Waals surface area contributed by atoms with Gasteiger partial charge in [0.15, 0.2) is 15.2 Å². The average Bonchev–Trinajstić information content (AvgIpc) is 3.05. The molecule has 2 aliphatic rings. The summed E-state index contributed by atoms with van der Waals surface area (Å²) in [6, 6.07) is 1.20. The van der Waals surface area contributed by atoms with E-state index in [-0.39, 0.29) is 5.15 Å². The van der Waals surface area contributed by atoms with Crippen molar-refractivity contribution in [2.24, 2.45) is 0 Å². The number of methoxy groups -OCH3 is 1. The van der Waals surface area contributed by atoms with E-state index in [9.17, 15) is 4.79 Å². The van der Waals surface area contributed by atoms with Gasteiger partial charge in [0.25, 0.3) is 0 Å². The molecule has 1 aromatic rings. The number of anilines is 1. The van der Waals surface area contributed by atoms with Crippen LogP contribution in [0, 0.1) is 0 Å². The van der Waals surface area contributed by atoms with Crippen molar-refractivity contribution in [3.63, 3.8) is 0 Å². The standard InChI is InChI=1S/C12H16ClN3O2S/c1-18-11(17)9-10(13)15-12(19-9)14-7-4-5-16(6-7)8-2-3-8/h7-8H,2-6H2,1H3,(H,14,15). The van der Waals surface area contributed by atoms with Crippen molar-refractivity contribution >= 4 is 34.0 Å². The Balaban J connectivity index is 1.62. The van der Waals surface area contributed by atoms with Crippen LogP contribution in [0.25, 0.3) is 0 Å². The highest BCUT2D eigenvalue weighted by atomic mass is 35.5. The lowest BCUT2D eigenvalue weighted by atomic mass is 10.3. The Morgan fingerprint density at radius 2 is 2.32 bits per heavy atom. The molecule has 2 heterocycles. The van der Waals surface area contributed by atoms with Crippen LogP contribution in [0.15, 0.2) is 0 Å². The Morgan fingerprint density at radius 3 is 3.00 bits per heavy atom. The van der Waals surface area contributed by atoms with Crippen LogP contribution in [-0.4, -0.2) is 48.1 Å². The molecule has 3 rings (SSSR count). The van der Waals surface area contributed by atoms with Gasteiger partial charge in [0.05, 0.1) is 7.11 Å². The van der Waals surface area contributed by atoms with E-state index in [1.807, 2.05) is 0 Å². The van der Waals surface area contributed by atoms with Crippen LogP contribution in [0.2, 0.25) is 5.15 Å². The third kappa shape index (κ3) is 2.85. The number of carbonyl (C=O) groups excluding carboxylic acids is 1. The lowest BCUT2D eigenvalue weighted by molar-refractivity contribution is 0.0606. The normalized spacial score (nSPS) is 23.6. The van der Waals surface area contributed by atoms with Gasteiger partial charge in [-0.15, -0.1) is 0 Å². The second-order valence-electron chi connectivity index (χ2n) is 4.99. The molecule has 0 radical (unpaired) electrons. The largest absolute Gasteiger partial charge is 0.465 e. The van der Waals surface area contributed by atoms with Crippen LogP contribution in [-0.2, 0) is 4.74 Å². The quantitative estimate of drug-likeness (QED) is 0.864. The van der Waals surface area contributed by atoms with E-state index in [0.29, 0.717) is 16.1 Å². The van der Waals surface area contributed by atoms with Gasteiger partial charge in [-0.2, -0.15) is 0 Å². The molecule has 0 aromatic carbocycles. The van der Waals surface area contributed by atoms with Crippen molar-refractivity contribution in [3.8, 4) is 0 Å². The Labute approximate surface area is 120 Å². The summed E-state index contributed by atoms with van der Waals surface area (Å²) in [5.74, 6) is -0.429. The number of nitrogens with one attached hydrogen (secondary N) is 1. The minimum absolute atomic E-state index is 0.219. The van der Waals surface area contributed by atoms with Crippen LogP contribution in [0.4, 0.5) is 5.13 Å². The molecule has 0 bridgehead atoms. The Bertz CT molecular complexity index is 489. The number of esters is 1. The van der Waals surface area contributed by atoms with Gasteiger partial charge < -0.3 is 10.1 Å². The number of carbonyl (C=O) groups is 1. The zero-order valence-corrected chi connectivity index (χ0v) is 12.3. The highest BCUT2D eigenvalue weighted by molar-refractivity contribution is 7.18. The van der Waals surface area contributed by atoms with E-state index in [1.54, 1.807) is 0 Å². The molecule has 19 heavy (non-hydrogen) atoms. The smallest absolute Gasteiger partial charge is 0.351 e. The fraction of sp³-hybridized carbons (Fsp3) is 0.667. The number of hydrogen-bond acceptors (Lipinski definition) is 6. The van der Waals surface area contributed by atoms with Gasteiger partial charge in [-0.3, -0.25) is 4.90 Å². The fourth-order valence-electron chi connectivity index (χ4n) is 2.43. The zero-order valence-electron chi connectivity index (χ0n) is 10.7. The molecule has 7 heteroatoms. The molecule has 0 spiro atoms. The molecule has 1 unspecified atom stereocenters. The summed E-state index contributed by atoms with van der Waals surface area (Å²) in [6.45, 7) is 2.20. The van der Waals surface area contributed by atoms with E-state index in [2.05, 4.69) is 19.9 Å². The number of halogens is 1. The maximum absolute atomic E-state index is 11.5. The minimum atomic E-state index is -0.429. The van der Waals surface area contributed by atoms with Crippen LogP contribution in [0.5, 0.6) is 0 Å². The van der Waals surface area contributed by atoms with Gasteiger partial charge >= 0.3 is 5.97 Å².